The van der Waals surface area contributed by atoms with E-state index in [1.165, 1.54) is 0 Å². The van der Waals surface area contributed by atoms with Crippen LogP contribution in [-0.4, -0.2) is 36.0 Å². The summed E-state index contributed by atoms with van der Waals surface area (Å²) in [4.78, 5) is 15.6. The van der Waals surface area contributed by atoms with E-state index < -0.39 is 0 Å². The lowest BCUT2D eigenvalue weighted by Crippen LogP contribution is -2.30. The number of aromatic nitrogens is 1. The first kappa shape index (κ1) is 11.4. The van der Waals surface area contributed by atoms with Crippen molar-refractivity contribution in [1.82, 2.24) is 4.98 Å². The van der Waals surface area contributed by atoms with E-state index in [0.717, 1.165) is 18.2 Å². The molecule has 0 unspecified atom stereocenters. The number of nitrogens with zero attached hydrogens (tertiary/aromatic N) is 1. The highest BCUT2D eigenvalue weighted by Gasteiger charge is 2.20. The molecule has 1 saturated heterocycles. The van der Waals surface area contributed by atoms with E-state index in [-0.39, 0.29) is 5.97 Å². The standard InChI is InChI=1S/C11H13NO3S/c1-2-15-11(13)8-3-4-10(12-5-8)16-9-6-14-7-9/h3-5,9H,2,6-7H2,1H3. The molecule has 0 saturated carbocycles. The van der Waals surface area contributed by atoms with Gasteiger partial charge in [0.15, 0.2) is 0 Å². The van der Waals surface area contributed by atoms with Crippen LogP contribution in [0.2, 0.25) is 0 Å². The molecule has 5 heteroatoms. The molecule has 1 fully saturated rings. The fourth-order valence-corrected chi connectivity index (χ4v) is 2.17. The predicted molar refractivity (Wildman–Crippen MR) is 60.7 cm³/mol. The van der Waals surface area contributed by atoms with Crippen molar-refractivity contribution in [2.75, 3.05) is 19.8 Å². The molecule has 0 radical (unpaired) electrons. The topological polar surface area (TPSA) is 48.4 Å². The number of thioether (sulfide) groups is 1. The average molecular weight is 239 g/mol. The van der Waals surface area contributed by atoms with Crippen LogP contribution in [-0.2, 0) is 9.47 Å². The molecule has 1 aliphatic heterocycles. The highest BCUT2D eigenvalue weighted by atomic mass is 32.2. The lowest BCUT2D eigenvalue weighted by atomic mass is 10.3. The van der Waals surface area contributed by atoms with Gasteiger partial charge in [-0.05, 0) is 19.1 Å². The van der Waals surface area contributed by atoms with Crippen molar-refractivity contribution in [1.29, 1.82) is 0 Å². The Labute approximate surface area is 98.3 Å². The van der Waals surface area contributed by atoms with Crippen molar-refractivity contribution in [3.63, 3.8) is 0 Å². The molecule has 0 N–H and O–H groups in total. The lowest BCUT2D eigenvalue weighted by Gasteiger charge is -2.24. The largest absolute Gasteiger partial charge is 0.462 e. The zero-order valence-electron chi connectivity index (χ0n) is 9.01. The smallest absolute Gasteiger partial charge is 0.339 e. The van der Waals surface area contributed by atoms with Gasteiger partial charge in [-0.15, -0.1) is 0 Å². The van der Waals surface area contributed by atoms with Gasteiger partial charge < -0.3 is 9.47 Å². The number of pyridine rings is 1. The van der Waals surface area contributed by atoms with Crippen LogP contribution in [0, 0.1) is 0 Å². The average Bonchev–Trinajstić information content (AvgIpc) is 2.25. The van der Waals surface area contributed by atoms with Gasteiger partial charge in [-0.1, -0.05) is 11.8 Å². The van der Waals surface area contributed by atoms with Gasteiger partial charge in [-0.25, -0.2) is 9.78 Å². The van der Waals surface area contributed by atoms with Gasteiger partial charge in [0.1, 0.15) is 0 Å². The summed E-state index contributed by atoms with van der Waals surface area (Å²) in [5.74, 6) is -0.321. The van der Waals surface area contributed by atoms with Crippen LogP contribution >= 0.6 is 11.8 Å². The monoisotopic (exact) mass is 239 g/mol. The summed E-state index contributed by atoms with van der Waals surface area (Å²) in [6.45, 7) is 3.73. The number of esters is 1. The molecular weight excluding hydrogens is 226 g/mol. The number of hydrogen-bond donors (Lipinski definition) is 0. The second-order valence-corrected chi connectivity index (χ2v) is 4.70. The molecule has 1 aromatic rings. The zero-order valence-corrected chi connectivity index (χ0v) is 9.83. The first-order valence-electron chi connectivity index (χ1n) is 5.17. The van der Waals surface area contributed by atoms with Gasteiger partial charge >= 0.3 is 5.97 Å². The summed E-state index contributed by atoms with van der Waals surface area (Å²) in [6, 6.07) is 3.59. The summed E-state index contributed by atoms with van der Waals surface area (Å²) in [7, 11) is 0. The summed E-state index contributed by atoms with van der Waals surface area (Å²) in [5, 5.41) is 1.42. The van der Waals surface area contributed by atoms with E-state index in [4.69, 9.17) is 9.47 Å². The third-order valence-corrected chi connectivity index (χ3v) is 3.23. The number of ether oxygens (including phenoxy) is 2. The maximum atomic E-state index is 11.4. The SMILES string of the molecule is CCOC(=O)c1ccc(SC2COC2)nc1. The van der Waals surface area contributed by atoms with Crippen molar-refractivity contribution < 1.29 is 14.3 Å². The molecule has 0 bridgehead atoms. The highest BCUT2D eigenvalue weighted by molar-refractivity contribution is 8.00. The Hall–Kier alpha value is -1.07. The lowest BCUT2D eigenvalue weighted by molar-refractivity contribution is 0.0454. The fourth-order valence-electron chi connectivity index (χ4n) is 1.24. The number of rotatable bonds is 4. The van der Waals surface area contributed by atoms with Crippen molar-refractivity contribution in [2.24, 2.45) is 0 Å². The summed E-state index contributed by atoms with van der Waals surface area (Å²) < 4.78 is 9.95. The Morgan fingerprint density at radius 3 is 2.94 bits per heavy atom. The minimum Gasteiger partial charge on any atom is -0.462 e. The van der Waals surface area contributed by atoms with Crippen LogP contribution in [0.5, 0.6) is 0 Å². The minimum atomic E-state index is -0.321. The fraction of sp³-hybridized carbons (Fsp3) is 0.455. The maximum absolute atomic E-state index is 11.4. The molecule has 2 rings (SSSR count). The molecule has 86 valence electrons. The Balaban J connectivity index is 1.95. The van der Waals surface area contributed by atoms with Crippen molar-refractivity contribution in [3.05, 3.63) is 23.9 Å². The molecule has 2 heterocycles. The Bertz CT molecular complexity index is 362. The minimum absolute atomic E-state index is 0.321. The summed E-state index contributed by atoms with van der Waals surface area (Å²) in [6.07, 6.45) is 1.56. The first-order valence-corrected chi connectivity index (χ1v) is 6.05. The van der Waals surface area contributed by atoms with E-state index in [1.54, 1.807) is 30.9 Å². The molecule has 0 aromatic carbocycles. The normalized spacial score (nSPS) is 15.6. The third kappa shape index (κ3) is 2.74. The molecule has 4 nitrogen and oxygen atoms in total. The van der Waals surface area contributed by atoms with Crippen LogP contribution < -0.4 is 0 Å². The summed E-state index contributed by atoms with van der Waals surface area (Å²) in [5.41, 5.74) is 0.496. The van der Waals surface area contributed by atoms with Crippen LogP contribution in [0.15, 0.2) is 23.4 Å². The van der Waals surface area contributed by atoms with E-state index >= 15 is 0 Å². The number of carbonyl (C=O) groups is 1. The summed E-state index contributed by atoms with van der Waals surface area (Å²) >= 11 is 1.68. The van der Waals surface area contributed by atoms with E-state index in [2.05, 4.69) is 4.98 Å². The molecule has 1 aliphatic rings. The van der Waals surface area contributed by atoms with Gasteiger partial charge in [-0.3, -0.25) is 0 Å². The van der Waals surface area contributed by atoms with Gasteiger partial charge in [0.2, 0.25) is 0 Å². The van der Waals surface area contributed by atoms with Gasteiger partial charge in [0.05, 0.1) is 35.7 Å². The van der Waals surface area contributed by atoms with E-state index in [9.17, 15) is 4.79 Å². The van der Waals surface area contributed by atoms with Gasteiger partial charge in [-0.2, -0.15) is 0 Å². The molecule has 0 spiro atoms. The predicted octanol–water partition coefficient (Wildman–Crippen LogP) is 1.75. The number of hydrogen-bond acceptors (Lipinski definition) is 5. The quantitative estimate of drug-likeness (QED) is 0.749. The molecule has 0 amide bonds. The van der Waals surface area contributed by atoms with Gasteiger partial charge in [0, 0.05) is 6.20 Å². The highest BCUT2D eigenvalue weighted by Crippen LogP contribution is 2.26. The van der Waals surface area contributed by atoms with Crippen molar-refractivity contribution in [2.45, 2.75) is 17.2 Å². The van der Waals surface area contributed by atoms with Crippen molar-refractivity contribution in [3.8, 4) is 0 Å². The van der Waals surface area contributed by atoms with Gasteiger partial charge in [0.25, 0.3) is 0 Å². The zero-order chi connectivity index (χ0) is 11.4. The second-order valence-electron chi connectivity index (χ2n) is 3.38. The number of carbonyl (C=O) groups excluding carboxylic acids is 1. The Morgan fingerprint density at radius 2 is 2.44 bits per heavy atom. The first-order chi connectivity index (χ1) is 7.79. The maximum Gasteiger partial charge on any atom is 0.339 e. The van der Waals surface area contributed by atoms with Crippen LogP contribution in [0.1, 0.15) is 17.3 Å². The Morgan fingerprint density at radius 1 is 1.62 bits per heavy atom. The second kappa shape index (κ2) is 5.32. The molecule has 1 aromatic heterocycles. The van der Waals surface area contributed by atoms with Crippen LogP contribution in [0.25, 0.3) is 0 Å². The Kier molecular flexibility index (Phi) is 3.79. The third-order valence-electron chi connectivity index (χ3n) is 2.14. The molecule has 0 aliphatic carbocycles. The molecule has 16 heavy (non-hydrogen) atoms. The molecule has 0 atom stereocenters. The van der Waals surface area contributed by atoms with E-state index in [0.29, 0.717) is 17.4 Å². The van der Waals surface area contributed by atoms with Crippen LogP contribution in [0.3, 0.4) is 0 Å². The van der Waals surface area contributed by atoms with E-state index in [1.807, 2.05) is 6.07 Å². The van der Waals surface area contributed by atoms with Crippen molar-refractivity contribution >= 4 is 17.7 Å². The van der Waals surface area contributed by atoms with Crippen LogP contribution in [0.4, 0.5) is 0 Å². The molecular formula is C11H13NO3S.